The SMILES string of the molecule is Cc1cc(/C=C(\C#N)c2ccc([N+](=O)[O-])cc2)c(C)n1-c1ccnn1C(C)C. The molecule has 2 aromatic heterocycles. The van der Waals surface area contributed by atoms with E-state index < -0.39 is 4.92 Å². The highest BCUT2D eigenvalue weighted by molar-refractivity contribution is 5.90. The Morgan fingerprint density at radius 2 is 1.93 bits per heavy atom. The summed E-state index contributed by atoms with van der Waals surface area (Å²) in [6.45, 7) is 8.17. The molecule has 0 saturated carbocycles. The Labute approximate surface area is 163 Å². The zero-order chi connectivity index (χ0) is 20.4. The minimum absolute atomic E-state index is 0.00108. The molecule has 0 amide bonds. The van der Waals surface area contributed by atoms with Gasteiger partial charge in [-0.25, -0.2) is 4.68 Å². The lowest BCUT2D eigenvalue weighted by atomic mass is 10.0. The monoisotopic (exact) mass is 375 g/mol. The fourth-order valence-corrected chi connectivity index (χ4v) is 3.27. The maximum absolute atomic E-state index is 10.8. The number of hydrogen-bond acceptors (Lipinski definition) is 4. The molecule has 0 aliphatic carbocycles. The van der Waals surface area contributed by atoms with E-state index in [0.29, 0.717) is 11.1 Å². The molecule has 0 aliphatic rings. The molecule has 0 atom stereocenters. The summed E-state index contributed by atoms with van der Waals surface area (Å²) in [5.74, 6) is 0.971. The zero-order valence-corrected chi connectivity index (χ0v) is 16.2. The number of rotatable bonds is 5. The molecular formula is C21H21N5O2. The first-order valence-electron chi connectivity index (χ1n) is 8.93. The van der Waals surface area contributed by atoms with Crippen molar-refractivity contribution in [3.05, 3.63) is 75.2 Å². The summed E-state index contributed by atoms with van der Waals surface area (Å²) < 4.78 is 4.07. The van der Waals surface area contributed by atoms with Gasteiger partial charge in [0.05, 0.1) is 22.8 Å². The molecule has 0 unspecified atom stereocenters. The smallest absolute Gasteiger partial charge is 0.269 e. The second kappa shape index (κ2) is 7.53. The van der Waals surface area contributed by atoms with Gasteiger partial charge in [0.15, 0.2) is 0 Å². The topological polar surface area (TPSA) is 89.7 Å². The van der Waals surface area contributed by atoms with Crippen LogP contribution in [0.1, 0.15) is 42.4 Å². The molecule has 28 heavy (non-hydrogen) atoms. The quantitative estimate of drug-likeness (QED) is 0.362. The molecule has 0 fully saturated rings. The molecule has 0 radical (unpaired) electrons. The minimum atomic E-state index is -0.453. The van der Waals surface area contributed by atoms with Crippen LogP contribution in [-0.4, -0.2) is 19.3 Å². The van der Waals surface area contributed by atoms with Crippen molar-refractivity contribution in [3.63, 3.8) is 0 Å². The van der Waals surface area contributed by atoms with E-state index in [4.69, 9.17) is 0 Å². The predicted octanol–water partition coefficient (Wildman–Crippen LogP) is 4.84. The highest BCUT2D eigenvalue weighted by atomic mass is 16.6. The second-order valence-corrected chi connectivity index (χ2v) is 6.86. The molecular weight excluding hydrogens is 354 g/mol. The van der Waals surface area contributed by atoms with Crippen molar-refractivity contribution < 1.29 is 4.92 Å². The molecule has 0 N–H and O–H groups in total. The van der Waals surface area contributed by atoms with E-state index in [0.717, 1.165) is 22.8 Å². The van der Waals surface area contributed by atoms with Gasteiger partial charge in [0.25, 0.3) is 5.69 Å². The summed E-state index contributed by atoms with van der Waals surface area (Å²) in [5.41, 5.74) is 4.05. The maximum Gasteiger partial charge on any atom is 0.269 e. The first-order chi connectivity index (χ1) is 13.3. The number of nitro benzene ring substituents is 1. The Kier molecular flexibility index (Phi) is 5.14. The van der Waals surface area contributed by atoms with Gasteiger partial charge in [-0.3, -0.25) is 10.1 Å². The van der Waals surface area contributed by atoms with E-state index in [-0.39, 0.29) is 11.7 Å². The van der Waals surface area contributed by atoms with Gasteiger partial charge in [-0.15, -0.1) is 0 Å². The lowest BCUT2D eigenvalue weighted by molar-refractivity contribution is -0.384. The van der Waals surface area contributed by atoms with Gasteiger partial charge >= 0.3 is 0 Å². The number of nitro groups is 1. The lowest BCUT2D eigenvalue weighted by Crippen LogP contribution is -2.11. The fraction of sp³-hybridized carbons (Fsp3) is 0.238. The number of aromatic nitrogens is 3. The van der Waals surface area contributed by atoms with E-state index in [9.17, 15) is 15.4 Å². The largest absolute Gasteiger partial charge is 0.303 e. The molecule has 0 saturated heterocycles. The normalized spacial score (nSPS) is 11.6. The summed E-state index contributed by atoms with van der Waals surface area (Å²) in [6.07, 6.45) is 3.59. The third-order valence-electron chi connectivity index (χ3n) is 4.65. The Morgan fingerprint density at radius 3 is 2.50 bits per heavy atom. The molecule has 3 rings (SSSR count). The van der Waals surface area contributed by atoms with Gasteiger partial charge in [0.2, 0.25) is 0 Å². The molecule has 0 aliphatic heterocycles. The summed E-state index contributed by atoms with van der Waals surface area (Å²) in [5, 5.41) is 24.8. The molecule has 7 nitrogen and oxygen atoms in total. The Balaban J connectivity index is 2.05. The molecule has 0 spiro atoms. The molecule has 3 aromatic rings. The minimum Gasteiger partial charge on any atom is -0.303 e. The van der Waals surface area contributed by atoms with Gasteiger partial charge in [0, 0.05) is 35.6 Å². The fourth-order valence-electron chi connectivity index (χ4n) is 3.27. The summed E-state index contributed by atoms with van der Waals surface area (Å²) >= 11 is 0. The van der Waals surface area contributed by atoms with Crippen molar-refractivity contribution in [2.75, 3.05) is 0 Å². The Bertz CT molecular complexity index is 1100. The Morgan fingerprint density at radius 1 is 1.25 bits per heavy atom. The van der Waals surface area contributed by atoms with Gasteiger partial charge in [0.1, 0.15) is 5.82 Å². The standard InChI is InChI=1S/C21H21N5O2/c1-14(2)25-21(9-10-23-25)24-15(3)11-18(16(24)4)12-19(13-22)17-5-7-20(8-6-17)26(27)28/h5-12,14H,1-4H3/b19-12+. The van der Waals surface area contributed by atoms with Crippen molar-refractivity contribution in [1.29, 1.82) is 5.26 Å². The molecule has 0 bridgehead atoms. The maximum atomic E-state index is 10.8. The summed E-state index contributed by atoms with van der Waals surface area (Å²) in [7, 11) is 0. The average Bonchev–Trinajstić information content (AvgIpc) is 3.24. The highest BCUT2D eigenvalue weighted by Crippen LogP contribution is 2.27. The van der Waals surface area contributed by atoms with E-state index in [2.05, 4.69) is 29.6 Å². The third kappa shape index (κ3) is 3.45. The van der Waals surface area contributed by atoms with Crippen LogP contribution in [0.2, 0.25) is 0 Å². The first-order valence-corrected chi connectivity index (χ1v) is 8.93. The molecule has 142 valence electrons. The van der Waals surface area contributed by atoms with Crippen molar-refractivity contribution in [2.45, 2.75) is 33.7 Å². The predicted molar refractivity (Wildman–Crippen MR) is 108 cm³/mol. The van der Waals surface area contributed by atoms with Gasteiger partial charge in [-0.05, 0) is 63.1 Å². The second-order valence-electron chi connectivity index (χ2n) is 6.86. The first kappa shape index (κ1) is 19.1. The zero-order valence-electron chi connectivity index (χ0n) is 16.2. The number of nitrogens with zero attached hydrogens (tertiary/aromatic N) is 5. The summed E-state index contributed by atoms with van der Waals surface area (Å²) in [6, 6.07) is 12.4. The van der Waals surface area contributed by atoms with E-state index >= 15 is 0 Å². The van der Waals surface area contributed by atoms with Crippen LogP contribution in [0.4, 0.5) is 5.69 Å². The van der Waals surface area contributed by atoms with E-state index in [1.807, 2.05) is 36.7 Å². The van der Waals surface area contributed by atoms with Crippen LogP contribution in [0.5, 0.6) is 0 Å². The molecule has 1 aromatic carbocycles. The average molecular weight is 375 g/mol. The summed E-state index contributed by atoms with van der Waals surface area (Å²) in [4.78, 5) is 10.4. The van der Waals surface area contributed by atoms with Gasteiger partial charge < -0.3 is 4.57 Å². The molecule has 7 heteroatoms. The van der Waals surface area contributed by atoms with Crippen LogP contribution >= 0.6 is 0 Å². The van der Waals surface area contributed by atoms with E-state index in [1.165, 1.54) is 12.1 Å². The van der Waals surface area contributed by atoms with Crippen molar-refractivity contribution in [2.24, 2.45) is 0 Å². The van der Waals surface area contributed by atoms with Crippen molar-refractivity contribution >= 4 is 17.3 Å². The van der Waals surface area contributed by atoms with Crippen LogP contribution in [0.3, 0.4) is 0 Å². The number of allylic oxidation sites excluding steroid dienone is 1. The number of hydrogen-bond donors (Lipinski definition) is 0. The van der Waals surface area contributed by atoms with Gasteiger partial charge in [-0.2, -0.15) is 10.4 Å². The molecule has 2 heterocycles. The van der Waals surface area contributed by atoms with Crippen LogP contribution in [0, 0.1) is 35.3 Å². The van der Waals surface area contributed by atoms with Crippen molar-refractivity contribution in [3.8, 4) is 11.9 Å². The lowest BCUT2D eigenvalue weighted by Gasteiger charge is -2.15. The van der Waals surface area contributed by atoms with Crippen LogP contribution in [0.25, 0.3) is 17.5 Å². The van der Waals surface area contributed by atoms with Gasteiger partial charge in [-0.1, -0.05) is 0 Å². The van der Waals surface area contributed by atoms with Crippen LogP contribution in [-0.2, 0) is 0 Å². The van der Waals surface area contributed by atoms with Crippen LogP contribution in [0.15, 0.2) is 42.6 Å². The Hall–Kier alpha value is -3.66. The van der Waals surface area contributed by atoms with Crippen LogP contribution < -0.4 is 0 Å². The third-order valence-corrected chi connectivity index (χ3v) is 4.65. The number of benzene rings is 1. The van der Waals surface area contributed by atoms with Crippen molar-refractivity contribution in [1.82, 2.24) is 14.3 Å². The number of aryl methyl sites for hydroxylation is 1. The highest BCUT2D eigenvalue weighted by Gasteiger charge is 2.15. The van der Waals surface area contributed by atoms with E-state index in [1.54, 1.807) is 18.3 Å². The number of non-ortho nitro benzene ring substituents is 1. The number of nitriles is 1.